The number of ether oxygens (including phenoxy) is 1. The Kier molecular flexibility index (Phi) is 5.70. The van der Waals surface area contributed by atoms with Crippen molar-refractivity contribution in [3.63, 3.8) is 0 Å². The fourth-order valence-electron chi connectivity index (χ4n) is 3.28. The van der Waals surface area contributed by atoms with Crippen LogP contribution in [0.25, 0.3) is 0 Å². The van der Waals surface area contributed by atoms with Gasteiger partial charge in [0.05, 0.1) is 29.6 Å². The molecule has 1 aromatic rings. The summed E-state index contributed by atoms with van der Waals surface area (Å²) in [7, 11) is 0. The molecule has 1 saturated carbocycles. The molecule has 1 aromatic heterocycles. The highest BCUT2D eigenvalue weighted by molar-refractivity contribution is 5.57. The average Bonchev–Trinajstić information content (AvgIpc) is 2.58. The number of nitrogens with zero attached hydrogens (tertiary/aromatic N) is 2. The average molecular weight is 370 g/mol. The Labute approximate surface area is 149 Å². The standard InChI is InChI=1S/C18H21F3N2O3/c19-18(20,21)16-11-22-12(2-1-7-24)8-17(16)23-5-3-14(4-6-23)26-15-9-13(25)10-15/h8,11,13-15,24-25H,3-7,9-10H2. The molecule has 0 spiro atoms. The number of hydrogen-bond donors (Lipinski definition) is 2. The molecule has 1 aliphatic heterocycles. The third-order valence-electron chi connectivity index (χ3n) is 4.72. The van der Waals surface area contributed by atoms with Crippen molar-refractivity contribution in [2.75, 3.05) is 24.6 Å². The third-order valence-corrected chi connectivity index (χ3v) is 4.72. The molecule has 0 bridgehead atoms. The quantitative estimate of drug-likeness (QED) is 0.797. The number of aliphatic hydroxyl groups excluding tert-OH is 2. The van der Waals surface area contributed by atoms with Gasteiger partial charge < -0.3 is 19.8 Å². The van der Waals surface area contributed by atoms with Crippen LogP contribution in [0.15, 0.2) is 12.3 Å². The minimum absolute atomic E-state index is 0.00794. The Hall–Kier alpha value is -1.82. The molecular formula is C18H21F3N2O3. The zero-order valence-corrected chi connectivity index (χ0v) is 14.2. The number of anilines is 1. The number of aliphatic hydroxyl groups is 2. The smallest absolute Gasteiger partial charge is 0.393 e. The maximum Gasteiger partial charge on any atom is 0.419 e. The molecule has 0 amide bonds. The van der Waals surface area contributed by atoms with Gasteiger partial charge in [-0.1, -0.05) is 5.92 Å². The normalized spacial score (nSPS) is 24.0. The van der Waals surface area contributed by atoms with E-state index >= 15 is 0 Å². The minimum Gasteiger partial charge on any atom is -0.393 e. The zero-order valence-electron chi connectivity index (χ0n) is 14.2. The number of pyridine rings is 1. The van der Waals surface area contributed by atoms with E-state index in [2.05, 4.69) is 16.8 Å². The summed E-state index contributed by atoms with van der Waals surface area (Å²) in [5.41, 5.74) is -0.523. The van der Waals surface area contributed by atoms with Gasteiger partial charge in [-0.05, 0) is 37.7 Å². The molecule has 26 heavy (non-hydrogen) atoms. The molecule has 3 rings (SSSR count). The SMILES string of the molecule is OCC#Cc1cc(N2CCC(OC3CC(O)C3)CC2)c(C(F)(F)F)cn1. The second kappa shape index (κ2) is 7.82. The molecule has 1 aliphatic carbocycles. The summed E-state index contributed by atoms with van der Waals surface area (Å²) in [4.78, 5) is 5.42. The van der Waals surface area contributed by atoms with Gasteiger partial charge in [-0.3, -0.25) is 0 Å². The van der Waals surface area contributed by atoms with E-state index in [-0.39, 0.29) is 36.3 Å². The molecule has 2 heterocycles. The number of aromatic nitrogens is 1. The summed E-state index contributed by atoms with van der Waals surface area (Å²) in [6, 6.07) is 1.33. The molecule has 1 saturated heterocycles. The molecule has 8 heteroatoms. The summed E-state index contributed by atoms with van der Waals surface area (Å²) in [5, 5.41) is 18.1. The van der Waals surface area contributed by atoms with Crippen molar-refractivity contribution in [1.82, 2.24) is 4.98 Å². The monoisotopic (exact) mass is 370 g/mol. The Bertz CT molecular complexity index is 685. The first-order chi connectivity index (χ1) is 12.4. The molecule has 0 aromatic carbocycles. The van der Waals surface area contributed by atoms with Crippen molar-refractivity contribution in [2.24, 2.45) is 0 Å². The van der Waals surface area contributed by atoms with Crippen LogP contribution in [0.2, 0.25) is 0 Å². The number of alkyl halides is 3. The van der Waals surface area contributed by atoms with E-state index in [0.717, 1.165) is 6.20 Å². The second-order valence-electron chi connectivity index (χ2n) is 6.61. The number of hydrogen-bond acceptors (Lipinski definition) is 5. The Morgan fingerprint density at radius 3 is 2.50 bits per heavy atom. The number of piperidine rings is 1. The van der Waals surface area contributed by atoms with E-state index in [4.69, 9.17) is 9.84 Å². The summed E-state index contributed by atoms with van der Waals surface area (Å²) < 4.78 is 45.9. The van der Waals surface area contributed by atoms with Gasteiger partial charge in [0.15, 0.2) is 0 Å². The minimum atomic E-state index is -4.50. The molecule has 0 radical (unpaired) electrons. The number of halogens is 3. The summed E-state index contributed by atoms with van der Waals surface area (Å²) >= 11 is 0. The van der Waals surface area contributed by atoms with Crippen LogP contribution in [0.4, 0.5) is 18.9 Å². The maximum atomic E-state index is 13.3. The summed E-state index contributed by atoms with van der Waals surface area (Å²) in [6.07, 6.45) is -1.39. The van der Waals surface area contributed by atoms with Crippen LogP contribution in [0, 0.1) is 11.8 Å². The molecule has 0 unspecified atom stereocenters. The highest BCUT2D eigenvalue weighted by Crippen LogP contribution is 2.38. The van der Waals surface area contributed by atoms with Crippen molar-refractivity contribution in [1.29, 1.82) is 0 Å². The van der Waals surface area contributed by atoms with Crippen LogP contribution >= 0.6 is 0 Å². The van der Waals surface area contributed by atoms with Crippen LogP contribution in [-0.4, -0.2) is 53.2 Å². The van der Waals surface area contributed by atoms with Crippen LogP contribution in [0.5, 0.6) is 0 Å². The fraction of sp³-hybridized carbons (Fsp3) is 0.611. The predicted octanol–water partition coefficient (Wildman–Crippen LogP) is 1.95. The molecule has 2 aliphatic rings. The molecular weight excluding hydrogens is 349 g/mol. The lowest BCUT2D eigenvalue weighted by Gasteiger charge is -2.39. The van der Waals surface area contributed by atoms with Crippen LogP contribution < -0.4 is 4.90 Å². The molecule has 142 valence electrons. The lowest BCUT2D eigenvalue weighted by Crippen LogP contribution is -2.43. The van der Waals surface area contributed by atoms with Gasteiger partial charge in [0, 0.05) is 19.3 Å². The van der Waals surface area contributed by atoms with Crippen molar-refractivity contribution in [3.05, 3.63) is 23.5 Å². The first kappa shape index (κ1) is 19.0. The predicted molar refractivity (Wildman–Crippen MR) is 88.6 cm³/mol. The first-order valence-electron chi connectivity index (χ1n) is 8.62. The Morgan fingerprint density at radius 1 is 1.23 bits per heavy atom. The summed E-state index contributed by atoms with van der Waals surface area (Å²) in [6.45, 7) is 0.510. The summed E-state index contributed by atoms with van der Waals surface area (Å²) in [5.74, 6) is 4.95. The van der Waals surface area contributed by atoms with Crippen LogP contribution in [-0.2, 0) is 10.9 Å². The van der Waals surface area contributed by atoms with E-state index in [9.17, 15) is 18.3 Å². The van der Waals surface area contributed by atoms with E-state index in [1.54, 1.807) is 4.90 Å². The van der Waals surface area contributed by atoms with Gasteiger partial charge in [-0.15, -0.1) is 0 Å². The van der Waals surface area contributed by atoms with Gasteiger partial charge in [0.2, 0.25) is 0 Å². The largest absolute Gasteiger partial charge is 0.419 e. The molecule has 2 fully saturated rings. The van der Waals surface area contributed by atoms with Gasteiger partial charge in [-0.2, -0.15) is 13.2 Å². The van der Waals surface area contributed by atoms with Crippen molar-refractivity contribution >= 4 is 5.69 Å². The van der Waals surface area contributed by atoms with Crippen molar-refractivity contribution in [3.8, 4) is 11.8 Å². The molecule has 0 atom stereocenters. The Balaban J connectivity index is 1.71. The second-order valence-corrected chi connectivity index (χ2v) is 6.61. The van der Waals surface area contributed by atoms with Gasteiger partial charge in [0.25, 0.3) is 0 Å². The first-order valence-corrected chi connectivity index (χ1v) is 8.62. The maximum absolute atomic E-state index is 13.3. The van der Waals surface area contributed by atoms with Crippen LogP contribution in [0.3, 0.4) is 0 Å². The van der Waals surface area contributed by atoms with Gasteiger partial charge in [0.1, 0.15) is 12.3 Å². The van der Waals surface area contributed by atoms with Gasteiger partial charge in [-0.25, -0.2) is 4.98 Å². The van der Waals surface area contributed by atoms with E-state index in [0.29, 0.717) is 38.8 Å². The van der Waals surface area contributed by atoms with Gasteiger partial charge >= 0.3 is 6.18 Å². The zero-order chi connectivity index (χ0) is 18.7. The highest BCUT2D eigenvalue weighted by Gasteiger charge is 2.37. The third kappa shape index (κ3) is 4.47. The topological polar surface area (TPSA) is 65.8 Å². The Morgan fingerprint density at radius 2 is 1.92 bits per heavy atom. The lowest BCUT2D eigenvalue weighted by molar-refractivity contribution is -0.137. The van der Waals surface area contributed by atoms with Crippen LogP contribution in [0.1, 0.15) is 36.9 Å². The fourth-order valence-corrected chi connectivity index (χ4v) is 3.28. The lowest BCUT2D eigenvalue weighted by atomic mass is 9.91. The molecule has 2 N–H and O–H groups in total. The van der Waals surface area contributed by atoms with Crippen molar-refractivity contribution < 1.29 is 28.1 Å². The highest BCUT2D eigenvalue weighted by atomic mass is 19.4. The van der Waals surface area contributed by atoms with Crippen molar-refractivity contribution in [2.45, 2.75) is 50.2 Å². The number of rotatable bonds is 3. The van der Waals surface area contributed by atoms with E-state index in [1.165, 1.54) is 6.07 Å². The molecule has 5 nitrogen and oxygen atoms in total. The van der Waals surface area contributed by atoms with E-state index < -0.39 is 11.7 Å². The van der Waals surface area contributed by atoms with E-state index in [1.807, 2.05) is 0 Å².